The molecule has 0 amide bonds. The van der Waals surface area contributed by atoms with E-state index in [1.165, 1.54) is 5.69 Å². The lowest BCUT2D eigenvalue weighted by Gasteiger charge is -2.42. The molecule has 0 saturated carbocycles. The van der Waals surface area contributed by atoms with Crippen molar-refractivity contribution in [3.05, 3.63) is 29.3 Å². The van der Waals surface area contributed by atoms with Crippen molar-refractivity contribution in [1.82, 2.24) is 0 Å². The molecule has 1 heterocycles. The Labute approximate surface area is 137 Å². The van der Waals surface area contributed by atoms with E-state index in [2.05, 4.69) is 24.1 Å². The lowest BCUT2D eigenvalue weighted by molar-refractivity contribution is -0.909. The molecule has 0 bridgehead atoms. The monoisotopic (exact) mass is 391 g/mol. The average Bonchev–Trinajstić information content (AvgIpc) is 2.37. The quantitative estimate of drug-likeness (QED) is 0.514. The lowest BCUT2D eigenvalue weighted by atomic mass is 10.2. The van der Waals surface area contributed by atoms with Crippen LogP contribution in [0.2, 0.25) is 5.02 Å². The summed E-state index contributed by atoms with van der Waals surface area (Å²) < 4.78 is 1.00. The summed E-state index contributed by atoms with van der Waals surface area (Å²) in [4.78, 5) is 2.37. The number of halogens is 2. The van der Waals surface area contributed by atoms with Crippen molar-refractivity contribution in [2.45, 2.75) is 6.42 Å². The normalized spacial score (nSPS) is 17.4. The summed E-state index contributed by atoms with van der Waals surface area (Å²) in [6.07, 6.45) is 0.646. The predicted octanol–water partition coefficient (Wildman–Crippen LogP) is -0.476. The highest BCUT2D eigenvalue weighted by molar-refractivity contribution is 6.30. The lowest BCUT2D eigenvalue weighted by Crippen LogP contribution is -3.00. The Morgan fingerprint density at radius 1 is 1.37 bits per heavy atom. The second kappa shape index (κ2) is 7.32. The molecule has 19 heavy (non-hydrogen) atoms. The van der Waals surface area contributed by atoms with E-state index in [1.807, 2.05) is 18.2 Å². The predicted molar refractivity (Wildman–Crippen MR) is 74.7 cm³/mol. The number of nitrogens with zero attached hydrogens (tertiary/aromatic N) is 3. The summed E-state index contributed by atoms with van der Waals surface area (Å²) in [6, 6.07) is 10.3. The van der Waals surface area contributed by atoms with E-state index in [-0.39, 0.29) is 24.0 Å². The minimum Gasteiger partial charge on any atom is -1.00 e. The first-order chi connectivity index (χ1) is 8.63. The van der Waals surface area contributed by atoms with Gasteiger partial charge in [-0.25, -0.2) is 0 Å². The van der Waals surface area contributed by atoms with E-state index in [1.54, 1.807) is 0 Å². The third-order valence-electron chi connectivity index (χ3n) is 3.76. The van der Waals surface area contributed by atoms with E-state index < -0.39 is 0 Å². The number of hydrogen-bond donors (Lipinski definition) is 0. The van der Waals surface area contributed by atoms with Gasteiger partial charge in [-0.3, -0.25) is 0 Å². The summed E-state index contributed by atoms with van der Waals surface area (Å²) in [6.45, 7) is 5.20. The largest absolute Gasteiger partial charge is 1.00 e. The zero-order chi connectivity index (χ0) is 13.0. The summed E-state index contributed by atoms with van der Waals surface area (Å²) in [5, 5.41) is 9.48. The minimum atomic E-state index is 0. The molecule has 0 aliphatic carbocycles. The van der Waals surface area contributed by atoms with Gasteiger partial charge in [0.25, 0.3) is 0 Å². The number of anilines is 1. The second-order valence-corrected chi connectivity index (χ2v) is 5.60. The van der Waals surface area contributed by atoms with Gasteiger partial charge in [0.15, 0.2) is 0 Å². The van der Waals surface area contributed by atoms with Gasteiger partial charge in [0, 0.05) is 10.7 Å². The third kappa shape index (κ3) is 4.51. The first-order valence-electron chi connectivity index (χ1n) is 6.34. The Bertz CT molecular complexity index is 450. The molecule has 5 heteroatoms. The molecular formula is C14H19ClIN3. The number of nitriles is 1. The molecule has 1 aliphatic heterocycles. The van der Waals surface area contributed by atoms with E-state index in [0.29, 0.717) is 6.42 Å². The molecule has 1 aliphatic rings. The molecule has 1 aromatic carbocycles. The Balaban J connectivity index is 0.00000180. The highest BCUT2D eigenvalue weighted by Crippen LogP contribution is 2.22. The molecule has 0 spiro atoms. The smallest absolute Gasteiger partial charge is 0.0963 e. The molecule has 1 aromatic rings. The highest BCUT2D eigenvalue weighted by Gasteiger charge is 2.28. The fraction of sp³-hybridized carbons (Fsp3) is 0.500. The zero-order valence-electron chi connectivity index (χ0n) is 11.1. The maximum absolute atomic E-state index is 8.69. The van der Waals surface area contributed by atoms with Gasteiger partial charge in [0.05, 0.1) is 52.3 Å². The Kier molecular flexibility index (Phi) is 6.37. The molecule has 0 N–H and O–H groups in total. The van der Waals surface area contributed by atoms with E-state index >= 15 is 0 Å². The van der Waals surface area contributed by atoms with Crippen LogP contribution in [-0.2, 0) is 0 Å². The summed E-state index contributed by atoms with van der Waals surface area (Å²) in [5.41, 5.74) is 1.20. The highest BCUT2D eigenvalue weighted by atomic mass is 127. The van der Waals surface area contributed by atoms with Crippen LogP contribution in [0.5, 0.6) is 0 Å². The molecule has 0 atom stereocenters. The maximum atomic E-state index is 8.69. The second-order valence-electron chi connectivity index (χ2n) is 5.17. The van der Waals surface area contributed by atoms with Gasteiger partial charge in [0.1, 0.15) is 0 Å². The Morgan fingerprint density at radius 2 is 2.05 bits per heavy atom. The number of hydrogen-bond acceptors (Lipinski definition) is 2. The molecule has 0 aromatic heterocycles. The Hall–Kier alpha value is -0.510. The van der Waals surface area contributed by atoms with Crippen LogP contribution in [-0.4, -0.2) is 44.3 Å². The fourth-order valence-corrected chi connectivity index (χ4v) is 2.61. The molecule has 2 rings (SSSR count). The molecule has 0 radical (unpaired) electrons. The molecular weight excluding hydrogens is 373 g/mol. The first kappa shape index (κ1) is 16.5. The van der Waals surface area contributed by atoms with Gasteiger partial charge in [0.2, 0.25) is 0 Å². The van der Waals surface area contributed by atoms with Crippen molar-refractivity contribution in [2.24, 2.45) is 0 Å². The zero-order valence-corrected chi connectivity index (χ0v) is 14.1. The van der Waals surface area contributed by atoms with Crippen LogP contribution in [0.15, 0.2) is 24.3 Å². The van der Waals surface area contributed by atoms with Crippen molar-refractivity contribution in [1.29, 1.82) is 5.26 Å². The molecule has 1 fully saturated rings. The van der Waals surface area contributed by atoms with Crippen LogP contribution in [0.25, 0.3) is 0 Å². The van der Waals surface area contributed by atoms with E-state index in [0.717, 1.165) is 42.2 Å². The van der Waals surface area contributed by atoms with E-state index in [9.17, 15) is 0 Å². The van der Waals surface area contributed by atoms with E-state index in [4.69, 9.17) is 16.9 Å². The van der Waals surface area contributed by atoms with Crippen molar-refractivity contribution < 1.29 is 28.5 Å². The maximum Gasteiger partial charge on any atom is 0.0963 e. The van der Waals surface area contributed by atoms with Crippen molar-refractivity contribution in [3.8, 4) is 6.07 Å². The van der Waals surface area contributed by atoms with Crippen LogP contribution >= 0.6 is 11.6 Å². The van der Waals surface area contributed by atoms with Crippen LogP contribution < -0.4 is 28.9 Å². The number of quaternary nitrogens is 1. The van der Waals surface area contributed by atoms with Crippen LogP contribution in [0.1, 0.15) is 6.42 Å². The van der Waals surface area contributed by atoms with Crippen LogP contribution in [0.3, 0.4) is 0 Å². The van der Waals surface area contributed by atoms with Crippen LogP contribution in [0, 0.1) is 11.3 Å². The van der Waals surface area contributed by atoms with Crippen molar-refractivity contribution in [2.75, 3.05) is 44.7 Å². The van der Waals surface area contributed by atoms with Crippen molar-refractivity contribution >= 4 is 17.3 Å². The minimum absolute atomic E-state index is 0. The van der Waals surface area contributed by atoms with Crippen molar-refractivity contribution in [3.63, 3.8) is 0 Å². The third-order valence-corrected chi connectivity index (χ3v) is 3.99. The van der Waals surface area contributed by atoms with Gasteiger partial charge >= 0.3 is 0 Å². The summed E-state index contributed by atoms with van der Waals surface area (Å²) >= 11 is 6.02. The fourth-order valence-electron chi connectivity index (χ4n) is 2.42. The number of likely N-dealkylation sites (N-methyl/N-ethyl adjacent to an activating group) is 1. The van der Waals surface area contributed by atoms with Gasteiger partial charge in [-0.2, -0.15) is 5.26 Å². The van der Waals surface area contributed by atoms with Crippen LogP contribution in [0.4, 0.5) is 5.69 Å². The number of rotatable bonds is 3. The first-order valence-corrected chi connectivity index (χ1v) is 6.72. The van der Waals surface area contributed by atoms with Gasteiger partial charge in [-0.1, -0.05) is 17.7 Å². The standard InChI is InChI=1S/C14H19ClN3.HI/c1-18(9-3-6-16)10-7-17(8-11-18)14-5-2-4-13(15)12-14;/h2,4-5,12H,3,7-11H2,1H3;1H/q+1;/p-1. The SMILES string of the molecule is C[N+]1(CCC#N)CCN(c2cccc(Cl)c2)CC1.[I-]. The Morgan fingerprint density at radius 3 is 2.63 bits per heavy atom. The van der Waals surface area contributed by atoms with Gasteiger partial charge in [-0.15, -0.1) is 0 Å². The molecule has 104 valence electrons. The number of benzene rings is 1. The topological polar surface area (TPSA) is 27.0 Å². The molecule has 1 saturated heterocycles. The van der Waals surface area contributed by atoms with Gasteiger partial charge in [-0.05, 0) is 18.2 Å². The van der Waals surface area contributed by atoms with Gasteiger partial charge < -0.3 is 33.4 Å². The average molecular weight is 392 g/mol. The summed E-state index contributed by atoms with van der Waals surface area (Å²) in [7, 11) is 2.24. The molecule has 0 unspecified atom stereocenters. The summed E-state index contributed by atoms with van der Waals surface area (Å²) in [5.74, 6) is 0. The number of piperazine rings is 1. The molecule has 3 nitrogen and oxygen atoms in total.